The van der Waals surface area contributed by atoms with E-state index in [1.165, 1.54) is 4.31 Å². The molecule has 0 unspecified atom stereocenters. The van der Waals surface area contributed by atoms with Crippen molar-refractivity contribution in [2.75, 3.05) is 6.54 Å². The number of nitrogens with zero attached hydrogens (tertiary/aromatic N) is 4. The fourth-order valence-corrected chi connectivity index (χ4v) is 3.73. The molecule has 3 rings (SSSR count). The molecule has 0 saturated carbocycles. The first kappa shape index (κ1) is 13.3. The van der Waals surface area contributed by atoms with Crippen LogP contribution in [0.2, 0.25) is 0 Å². The zero-order valence-corrected chi connectivity index (χ0v) is 12.3. The van der Waals surface area contributed by atoms with E-state index < -0.39 is 10.0 Å². The largest absolute Gasteiger partial charge is 0.313 e. The SMILES string of the molecule is Cc1ccc(S(=O)(=O)N2CCn3c(C)nnc3C2)cc1. The molecule has 7 heteroatoms. The van der Waals surface area contributed by atoms with Gasteiger partial charge in [0.15, 0.2) is 0 Å². The maximum absolute atomic E-state index is 12.6. The van der Waals surface area contributed by atoms with Crippen LogP contribution in [0, 0.1) is 13.8 Å². The molecule has 0 N–H and O–H groups in total. The lowest BCUT2D eigenvalue weighted by atomic mass is 10.2. The zero-order chi connectivity index (χ0) is 14.3. The van der Waals surface area contributed by atoms with Crippen LogP contribution >= 0.6 is 0 Å². The minimum absolute atomic E-state index is 0.275. The second-order valence-electron chi connectivity index (χ2n) is 4.97. The van der Waals surface area contributed by atoms with Crippen LogP contribution in [-0.2, 0) is 23.1 Å². The quantitative estimate of drug-likeness (QED) is 0.831. The smallest absolute Gasteiger partial charge is 0.243 e. The van der Waals surface area contributed by atoms with Crippen LogP contribution in [0.1, 0.15) is 17.2 Å². The van der Waals surface area contributed by atoms with Crippen LogP contribution in [-0.4, -0.2) is 34.0 Å². The highest BCUT2D eigenvalue weighted by Gasteiger charge is 2.29. The molecule has 6 nitrogen and oxygen atoms in total. The van der Waals surface area contributed by atoms with Crippen molar-refractivity contribution in [1.82, 2.24) is 19.1 Å². The van der Waals surface area contributed by atoms with Gasteiger partial charge in [-0.15, -0.1) is 10.2 Å². The number of aryl methyl sites for hydroxylation is 2. The molecule has 2 heterocycles. The third-order valence-electron chi connectivity index (χ3n) is 3.56. The molecular formula is C13H16N4O2S. The van der Waals surface area contributed by atoms with Gasteiger partial charge in [-0.3, -0.25) is 0 Å². The lowest BCUT2D eigenvalue weighted by Gasteiger charge is -2.26. The van der Waals surface area contributed by atoms with Gasteiger partial charge in [-0.25, -0.2) is 8.42 Å². The standard InChI is InChI=1S/C13H16N4O2S/c1-10-3-5-12(6-4-10)20(18,19)16-7-8-17-11(2)14-15-13(17)9-16/h3-6H,7-9H2,1-2H3. The van der Waals surface area contributed by atoms with Crippen molar-refractivity contribution in [2.24, 2.45) is 0 Å². The van der Waals surface area contributed by atoms with Gasteiger partial charge >= 0.3 is 0 Å². The molecule has 106 valence electrons. The summed E-state index contributed by atoms with van der Waals surface area (Å²) < 4.78 is 28.6. The maximum Gasteiger partial charge on any atom is 0.243 e. The Morgan fingerprint density at radius 1 is 1.05 bits per heavy atom. The average Bonchev–Trinajstić information content (AvgIpc) is 2.80. The summed E-state index contributed by atoms with van der Waals surface area (Å²) >= 11 is 0. The summed E-state index contributed by atoms with van der Waals surface area (Å²) in [7, 11) is -3.46. The molecule has 2 aromatic rings. The van der Waals surface area contributed by atoms with E-state index in [-0.39, 0.29) is 6.54 Å². The Kier molecular flexibility index (Phi) is 3.10. The molecule has 0 bridgehead atoms. The summed E-state index contributed by atoms with van der Waals surface area (Å²) in [6, 6.07) is 6.91. The first-order valence-electron chi connectivity index (χ1n) is 6.44. The number of rotatable bonds is 2. The molecule has 0 fully saturated rings. The first-order chi connectivity index (χ1) is 9.48. The molecule has 0 spiro atoms. The Bertz CT molecular complexity index is 734. The highest BCUT2D eigenvalue weighted by atomic mass is 32.2. The van der Waals surface area contributed by atoms with Crippen LogP contribution in [0.5, 0.6) is 0 Å². The van der Waals surface area contributed by atoms with Crippen molar-refractivity contribution in [3.63, 3.8) is 0 Å². The molecule has 0 amide bonds. The van der Waals surface area contributed by atoms with Crippen molar-refractivity contribution in [1.29, 1.82) is 0 Å². The average molecular weight is 292 g/mol. The van der Waals surface area contributed by atoms with E-state index in [4.69, 9.17) is 0 Å². The summed E-state index contributed by atoms with van der Waals surface area (Å²) in [6.07, 6.45) is 0. The van der Waals surface area contributed by atoms with E-state index >= 15 is 0 Å². The Balaban J connectivity index is 1.92. The Labute approximate surface area is 118 Å². The molecule has 1 aromatic carbocycles. The van der Waals surface area contributed by atoms with Gasteiger partial charge in [-0.1, -0.05) is 17.7 Å². The van der Waals surface area contributed by atoms with Gasteiger partial charge in [0, 0.05) is 13.1 Å². The molecule has 0 radical (unpaired) electrons. The number of hydrogen-bond donors (Lipinski definition) is 0. The van der Waals surface area contributed by atoms with E-state index in [9.17, 15) is 8.42 Å². The maximum atomic E-state index is 12.6. The van der Waals surface area contributed by atoms with Crippen LogP contribution in [0.4, 0.5) is 0 Å². The van der Waals surface area contributed by atoms with Gasteiger partial charge in [0.25, 0.3) is 0 Å². The fourth-order valence-electron chi connectivity index (χ4n) is 2.35. The number of benzene rings is 1. The van der Waals surface area contributed by atoms with Crippen molar-refractivity contribution in [2.45, 2.75) is 31.8 Å². The summed E-state index contributed by atoms with van der Waals surface area (Å²) in [6.45, 7) is 5.13. The third-order valence-corrected chi connectivity index (χ3v) is 5.42. The molecule has 0 atom stereocenters. The summed E-state index contributed by atoms with van der Waals surface area (Å²) in [4.78, 5) is 0.327. The monoisotopic (exact) mass is 292 g/mol. The summed E-state index contributed by atoms with van der Waals surface area (Å²) in [5.41, 5.74) is 1.04. The number of hydrogen-bond acceptors (Lipinski definition) is 4. The summed E-state index contributed by atoms with van der Waals surface area (Å²) in [5.74, 6) is 1.52. The van der Waals surface area contributed by atoms with Crippen LogP contribution in [0.3, 0.4) is 0 Å². The van der Waals surface area contributed by atoms with Crippen molar-refractivity contribution < 1.29 is 8.42 Å². The molecule has 1 aromatic heterocycles. The molecule has 20 heavy (non-hydrogen) atoms. The van der Waals surface area contributed by atoms with E-state index in [2.05, 4.69) is 10.2 Å². The summed E-state index contributed by atoms with van der Waals surface area (Å²) in [5, 5.41) is 8.03. The molecular weight excluding hydrogens is 276 g/mol. The molecule has 0 saturated heterocycles. The zero-order valence-electron chi connectivity index (χ0n) is 11.4. The van der Waals surface area contributed by atoms with Crippen LogP contribution < -0.4 is 0 Å². The molecule has 1 aliphatic heterocycles. The number of fused-ring (bicyclic) bond motifs is 1. The fraction of sp³-hybridized carbons (Fsp3) is 0.385. The van der Waals surface area contributed by atoms with Crippen molar-refractivity contribution in [3.05, 3.63) is 41.5 Å². The van der Waals surface area contributed by atoms with Crippen LogP contribution in [0.15, 0.2) is 29.2 Å². The van der Waals surface area contributed by atoms with Crippen molar-refractivity contribution in [3.8, 4) is 0 Å². The highest BCUT2D eigenvalue weighted by molar-refractivity contribution is 7.89. The Hall–Kier alpha value is -1.73. The highest BCUT2D eigenvalue weighted by Crippen LogP contribution is 2.21. The van der Waals surface area contributed by atoms with E-state index in [0.29, 0.717) is 23.8 Å². The lowest BCUT2D eigenvalue weighted by molar-refractivity contribution is 0.333. The predicted octanol–water partition coefficient (Wildman–Crippen LogP) is 1.10. The second kappa shape index (κ2) is 4.68. The van der Waals surface area contributed by atoms with Gasteiger partial charge < -0.3 is 4.57 Å². The normalized spacial score (nSPS) is 16.1. The minimum atomic E-state index is -3.46. The number of aromatic nitrogens is 3. The number of sulfonamides is 1. The second-order valence-corrected chi connectivity index (χ2v) is 6.90. The van der Waals surface area contributed by atoms with Gasteiger partial charge in [0.2, 0.25) is 10.0 Å². The van der Waals surface area contributed by atoms with Gasteiger partial charge in [-0.2, -0.15) is 4.31 Å². The van der Waals surface area contributed by atoms with Crippen molar-refractivity contribution >= 4 is 10.0 Å². The topological polar surface area (TPSA) is 68.1 Å². The minimum Gasteiger partial charge on any atom is -0.313 e. The van der Waals surface area contributed by atoms with E-state index in [1.54, 1.807) is 12.1 Å². The van der Waals surface area contributed by atoms with E-state index in [0.717, 1.165) is 11.4 Å². The van der Waals surface area contributed by atoms with Crippen LogP contribution in [0.25, 0.3) is 0 Å². The Morgan fingerprint density at radius 2 is 1.75 bits per heavy atom. The lowest BCUT2D eigenvalue weighted by Crippen LogP contribution is -2.38. The molecule has 0 aliphatic carbocycles. The van der Waals surface area contributed by atoms with E-state index in [1.807, 2.05) is 30.5 Å². The van der Waals surface area contributed by atoms with Gasteiger partial charge in [0.05, 0.1) is 11.4 Å². The third kappa shape index (κ3) is 2.12. The van der Waals surface area contributed by atoms with Gasteiger partial charge in [-0.05, 0) is 26.0 Å². The van der Waals surface area contributed by atoms with Gasteiger partial charge in [0.1, 0.15) is 11.6 Å². The predicted molar refractivity (Wildman–Crippen MR) is 73.5 cm³/mol. The molecule has 1 aliphatic rings. The first-order valence-corrected chi connectivity index (χ1v) is 7.88. The Morgan fingerprint density at radius 3 is 2.45 bits per heavy atom.